The predicted octanol–water partition coefficient (Wildman–Crippen LogP) is 5.17. The number of unbranched alkanes of at least 4 members (excludes halogenated alkanes) is 3. The van der Waals surface area contributed by atoms with Crippen molar-refractivity contribution < 1.29 is 9.53 Å². The van der Waals surface area contributed by atoms with Gasteiger partial charge in [-0.3, -0.25) is 4.79 Å². The van der Waals surface area contributed by atoms with E-state index in [1.165, 1.54) is 19.3 Å². The van der Waals surface area contributed by atoms with Gasteiger partial charge in [-0.1, -0.05) is 54.2 Å². The minimum absolute atomic E-state index is 0.248. The molecule has 2 rings (SSSR count). The van der Waals surface area contributed by atoms with Gasteiger partial charge in [0.25, 0.3) is 5.91 Å². The molecular formula is C20H23BrN2O2. The number of hydrogen-bond acceptors (Lipinski definition) is 3. The molecule has 0 saturated carbocycles. The Morgan fingerprint density at radius 1 is 1.12 bits per heavy atom. The summed E-state index contributed by atoms with van der Waals surface area (Å²) in [5.41, 5.74) is 3.94. The molecule has 1 amide bonds. The number of carbonyl (C=O) groups excluding carboxylic acids is 1. The number of hydrazone groups is 1. The topological polar surface area (TPSA) is 50.7 Å². The van der Waals surface area contributed by atoms with Crippen LogP contribution in [0.1, 0.15) is 48.5 Å². The molecule has 1 N–H and O–H groups in total. The van der Waals surface area contributed by atoms with E-state index in [-0.39, 0.29) is 5.91 Å². The fraction of sp³-hybridized carbons (Fsp3) is 0.300. The first-order chi connectivity index (χ1) is 12.2. The fourth-order valence-electron chi connectivity index (χ4n) is 2.26. The summed E-state index contributed by atoms with van der Waals surface area (Å²) in [5.74, 6) is 0.530. The molecule has 0 aliphatic carbocycles. The van der Waals surface area contributed by atoms with Crippen molar-refractivity contribution in [3.63, 3.8) is 0 Å². The van der Waals surface area contributed by atoms with Crippen LogP contribution in [0.5, 0.6) is 5.75 Å². The zero-order chi connectivity index (χ0) is 17.9. The summed E-state index contributed by atoms with van der Waals surface area (Å²) in [5, 5.41) is 4.04. The van der Waals surface area contributed by atoms with Gasteiger partial charge in [-0.15, -0.1) is 0 Å². The highest BCUT2D eigenvalue weighted by molar-refractivity contribution is 9.10. The van der Waals surface area contributed by atoms with E-state index < -0.39 is 0 Å². The van der Waals surface area contributed by atoms with Crippen molar-refractivity contribution in [1.82, 2.24) is 5.43 Å². The van der Waals surface area contributed by atoms with Crippen molar-refractivity contribution in [3.05, 3.63) is 64.1 Å². The van der Waals surface area contributed by atoms with Crippen LogP contribution in [0.2, 0.25) is 0 Å². The lowest BCUT2D eigenvalue weighted by atomic mass is 10.2. The summed E-state index contributed by atoms with van der Waals surface area (Å²) >= 11 is 3.34. The summed E-state index contributed by atoms with van der Waals surface area (Å²) in [7, 11) is 0. The molecule has 2 aromatic carbocycles. The van der Waals surface area contributed by atoms with Crippen molar-refractivity contribution in [3.8, 4) is 5.75 Å². The summed E-state index contributed by atoms with van der Waals surface area (Å²) in [6.45, 7) is 2.88. The minimum Gasteiger partial charge on any atom is -0.493 e. The lowest BCUT2D eigenvalue weighted by molar-refractivity contribution is 0.0955. The van der Waals surface area contributed by atoms with Crippen LogP contribution >= 0.6 is 15.9 Å². The number of rotatable bonds is 9. The van der Waals surface area contributed by atoms with Gasteiger partial charge in [0.2, 0.25) is 0 Å². The van der Waals surface area contributed by atoms with Crippen LogP contribution < -0.4 is 10.2 Å². The van der Waals surface area contributed by atoms with E-state index >= 15 is 0 Å². The molecule has 0 unspecified atom stereocenters. The van der Waals surface area contributed by atoms with Crippen LogP contribution in [0.15, 0.2) is 58.1 Å². The number of nitrogens with one attached hydrogen (secondary N) is 1. The first kappa shape index (κ1) is 19.2. The number of amides is 1. The molecular weight excluding hydrogens is 380 g/mol. The number of nitrogens with zero attached hydrogens (tertiary/aromatic N) is 1. The van der Waals surface area contributed by atoms with Crippen molar-refractivity contribution in [2.24, 2.45) is 5.10 Å². The molecule has 0 fully saturated rings. The van der Waals surface area contributed by atoms with Gasteiger partial charge in [-0.2, -0.15) is 5.10 Å². The summed E-state index contributed by atoms with van der Waals surface area (Å²) in [4.78, 5) is 12.0. The van der Waals surface area contributed by atoms with Crippen LogP contribution in [0, 0.1) is 0 Å². The van der Waals surface area contributed by atoms with Gasteiger partial charge in [0, 0.05) is 15.6 Å². The van der Waals surface area contributed by atoms with E-state index in [2.05, 4.69) is 33.4 Å². The monoisotopic (exact) mass is 402 g/mol. The van der Waals surface area contributed by atoms with E-state index in [0.717, 1.165) is 22.2 Å². The Hall–Kier alpha value is -2.14. The molecule has 0 spiro atoms. The van der Waals surface area contributed by atoms with Gasteiger partial charge < -0.3 is 4.74 Å². The minimum atomic E-state index is -0.248. The quantitative estimate of drug-likeness (QED) is 0.357. The normalized spacial score (nSPS) is 10.8. The number of para-hydroxylation sites is 1. The van der Waals surface area contributed by atoms with E-state index in [4.69, 9.17) is 4.74 Å². The maximum absolute atomic E-state index is 12.0. The van der Waals surface area contributed by atoms with Crippen molar-refractivity contribution >= 4 is 28.1 Å². The maximum Gasteiger partial charge on any atom is 0.271 e. The highest BCUT2D eigenvalue weighted by Crippen LogP contribution is 2.16. The van der Waals surface area contributed by atoms with Gasteiger partial charge in [-0.05, 0) is 42.8 Å². The number of halogens is 1. The Balaban J connectivity index is 1.89. The molecule has 0 radical (unpaired) electrons. The second-order valence-electron chi connectivity index (χ2n) is 5.65. The second kappa shape index (κ2) is 10.7. The highest BCUT2D eigenvalue weighted by Gasteiger charge is 2.04. The van der Waals surface area contributed by atoms with Crippen molar-refractivity contribution in [2.75, 3.05) is 6.61 Å². The predicted molar refractivity (Wildman–Crippen MR) is 105 cm³/mol. The molecule has 0 aliphatic heterocycles. The Bertz CT molecular complexity index is 699. The molecule has 4 nitrogen and oxygen atoms in total. The zero-order valence-electron chi connectivity index (χ0n) is 14.4. The van der Waals surface area contributed by atoms with Crippen LogP contribution in [-0.4, -0.2) is 18.7 Å². The smallest absolute Gasteiger partial charge is 0.271 e. The van der Waals surface area contributed by atoms with E-state index in [1.54, 1.807) is 18.3 Å². The number of hydrogen-bond donors (Lipinski definition) is 1. The highest BCUT2D eigenvalue weighted by atomic mass is 79.9. The van der Waals surface area contributed by atoms with Gasteiger partial charge in [-0.25, -0.2) is 5.43 Å². The van der Waals surface area contributed by atoms with Crippen molar-refractivity contribution in [2.45, 2.75) is 32.6 Å². The third kappa shape index (κ3) is 6.70. The third-order valence-corrected chi connectivity index (χ3v) is 4.18. The fourth-order valence-corrected chi connectivity index (χ4v) is 2.52. The average Bonchev–Trinajstić information content (AvgIpc) is 2.63. The second-order valence-corrected chi connectivity index (χ2v) is 6.57. The number of carbonyl (C=O) groups is 1. The lowest BCUT2D eigenvalue weighted by Crippen LogP contribution is -2.17. The third-order valence-electron chi connectivity index (χ3n) is 3.65. The molecule has 2 aromatic rings. The van der Waals surface area contributed by atoms with Crippen LogP contribution in [0.25, 0.3) is 0 Å². The average molecular weight is 403 g/mol. The van der Waals surface area contributed by atoms with Gasteiger partial charge in [0.05, 0.1) is 12.8 Å². The standard InChI is InChI=1S/C20H23BrN2O2/c1-2-3-4-7-14-25-19-9-6-5-8-17(19)15-22-23-20(24)16-10-12-18(21)13-11-16/h5-6,8-13,15H,2-4,7,14H2,1H3,(H,23,24)/b22-15+. The Labute approximate surface area is 157 Å². The molecule has 0 bridgehead atoms. The van der Waals surface area contributed by atoms with Gasteiger partial charge in [0.1, 0.15) is 5.75 Å². The molecule has 132 valence electrons. The first-order valence-electron chi connectivity index (χ1n) is 8.51. The zero-order valence-corrected chi connectivity index (χ0v) is 16.0. The Kier molecular flexibility index (Phi) is 8.19. The molecule has 5 heteroatoms. The van der Waals surface area contributed by atoms with Gasteiger partial charge >= 0.3 is 0 Å². The largest absolute Gasteiger partial charge is 0.493 e. The Morgan fingerprint density at radius 3 is 2.64 bits per heavy atom. The SMILES string of the molecule is CCCCCCOc1ccccc1/C=N/NC(=O)c1ccc(Br)cc1. The molecule has 0 aliphatic rings. The molecule has 0 aromatic heterocycles. The van der Waals surface area contributed by atoms with E-state index in [1.807, 2.05) is 36.4 Å². The molecule has 25 heavy (non-hydrogen) atoms. The van der Waals surface area contributed by atoms with Crippen LogP contribution in [0.3, 0.4) is 0 Å². The lowest BCUT2D eigenvalue weighted by Gasteiger charge is -2.08. The van der Waals surface area contributed by atoms with Gasteiger partial charge in [0.15, 0.2) is 0 Å². The maximum atomic E-state index is 12.0. The molecule has 0 atom stereocenters. The Morgan fingerprint density at radius 2 is 1.88 bits per heavy atom. The molecule has 0 saturated heterocycles. The van der Waals surface area contributed by atoms with E-state index in [9.17, 15) is 4.79 Å². The van der Waals surface area contributed by atoms with Crippen molar-refractivity contribution in [1.29, 1.82) is 0 Å². The van der Waals surface area contributed by atoms with Crippen LogP contribution in [0.4, 0.5) is 0 Å². The molecule has 0 heterocycles. The number of ether oxygens (including phenoxy) is 1. The van der Waals surface area contributed by atoms with E-state index in [0.29, 0.717) is 12.2 Å². The first-order valence-corrected chi connectivity index (χ1v) is 9.31. The summed E-state index contributed by atoms with van der Waals surface area (Å²) in [6.07, 6.45) is 6.27. The number of benzene rings is 2. The summed E-state index contributed by atoms with van der Waals surface area (Å²) in [6, 6.07) is 14.8. The van der Waals surface area contributed by atoms with Crippen LogP contribution in [-0.2, 0) is 0 Å². The summed E-state index contributed by atoms with van der Waals surface area (Å²) < 4.78 is 6.76.